The highest BCUT2D eigenvalue weighted by Crippen LogP contribution is 1.89. The molecule has 0 aliphatic rings. The number of ether oxygens (including phenoxy) is 1. The number of rotatable bonds is 4. The molecule has 0 aliphatic carbocycles. The van der Waals surface area contributed by atoms with E-state index in [1.54, 1.807) is 6.92 Å². The van der Waals surface area contributed by atoms with Gasteiger partial charge in [-0.3, -0.25) is 4.79 Å². The van der Waals surface area contributed by atoms with Crippen LogP contribution in [0, 0.1) is 0 Å². The molecule has 0 aromatic carbocycles. The summed E-state index contributed by atoms with van der Waals surface area (Å²) in [7, 11) is 0. The van der Waals surface area contributed by atoms with Crippen LogP contribution in [0.2, 0.25) is 0 Å². The van der Waals surface area contributed by atoms with E-state index in [2.05, 4.69) is 4.74 Å². The Bertz CT molecular complexity index is 105. The molecule has 4 heteroatoms. The number of carbonyl (C=O) groups excluding carboxylic acids is 1. The van der Waals surface area contributed by atoms with E-state index in [9.17, 15) is 4.79 Å². The monoisotopic (exact) mass is 147 g/mol. The SMILES string of the molecule is CCOC(=O)[C@H](N)CCO. The van der Waals surface area contributed by atoms with Crippen molar-refractivity contribution in [2.75, 3.05) is 13.2 Å². The largest absolute Gasteiger partial charge is 0.465 e. The van der Waals surface area contributed by atoms with Crippen LogP contribution in [0.4, 0.5) is 0 Å². The van der Waals surface area contributed by atoms with Gasteiger partial charge in [0.15, 0.2) is 0 Å². The number of esters is 1. The standard InChI is InChI=1S/C6H13NO3/c1-2-10-6(9)5(7)3-4-8/h5,8H,2-4,7H2,1H3/t5-/m1/s1. The van der Waals surface area contributed by atoms with Crippen LogP contribution in [0.15, 0.2) is 0 Å². The van der Waals surface area contributed by atoms with Crippen LogP contribution in [0.1, 0.15) is 13.3 Å². The Labute approximate surface area is 60.0 Å². The summed E-state index contributed by atoms with van der Waals surface area (Å²) in [5, 5.41) is 8.37. The fourth-order valence-corrected chi connectivity index (χ4v) is 0.506. The summed E-state index contributed by atoms with van der Waals surface area (Å²) in [6.07, 6.45) is 0.263. The van der Waals surface area contributed by atoms with Crippen molar-refractivity contribution < 1.29 is 14.6 Å². The Kier molecular flexibility index (Phi) is 4.88. The molecule has 0 radical (unpaired) electrons. The molecule has 4 nitrogen and oxygen atoms in total. The van der Waals surface area contributed by atoms with Crippen LogP contribution in [0.5, 0.6) is 0 Å². The third-order valence-electron chi connectivity index (χ3n) is 1.03. The zero-order chi connectivity index (χ0) is 7.98. The highest BCUT2D eigenvalue weighted by Gasteiger charge is 2.12. The van der Waals surface area contributed by atoms with E-state index in [1.807, 2.05) is 0 Å². The number of aliphatic hydroxyl groups excluding tert-OH is 1. The van der Waals surface area contributed by atoms with Crippen molar-refractivity contribution in [1.29, 1.82) is 0 Å². The molecule has 0 bridgehead atoms. The minimum Gasteiger partial charge on any atom is -0.465 e. The Morgan fingerprint density at radius 2 is 2.40 bits per heavy atom. The molecular weight excluding hydrogens is 134 g/mol. The summed E-state index contributed by atoms with van der Waals surface area (Å²) >= 11 is 0. The van der Waals surface area contributed by atoms with E-state index in [0.29, 0.717) is 6.61 Å². The third kappa shape index (κ3) is 3.42. The van der Waals surface area contributed by atoms with E-state index in [1.165, 1.54) is 0 Å². The van der Waals surface area contributed by atoms with Gasteiger partial charge >= 0.3 is 5.97 Å². The third-order valence-corrected chi connectivity index (χ3v) is 1.03. The molecule has 0 aromatic heterocycles. The van der Waals surface area contributed by atoms with Crippen LogP contribution < -0.4 is 5.73 Å². The van der Waals surface area contributed by atoms with Crippen LogP contribution in [0.25, 0.3) is 0 Å². The predicted octanol–water partition coefficient (Wildman–Crippen LogP) is -0.741. The second kappa shape index (κ2) is 5.20. The molecule has 0 heterocycles. The summed E-state index contributed by atoms with van der Waals surface area (Å²) in [4.78, 5) is 10.7. The lowest BCUT2D eigenvalue weighted by atomic mass is 10.2. The second-order valence-electron chi connectivity index (χ2n) is 1.87. The highest BCUT2D eigenvalue weighted by molar-refractivity contribution is 5.75. The number of carbonyl (C=O) groups is 1. The smallest absolute Gasteiger partial charge is 0.322 e. The normalized spacial score (nSPS) is 12.7. The zero-order valence-corrected chi connectivity index (χ0v) is 6.04. The lowest BCUT2D eigenvalue weighted by Gasteiger charge is -2.07. The second-order valence-corrected chi connectivity index (χ2v) is 1.87. The van der Waals surface area contributed by atoms with Gasteiger partial charge in [-0.05, 0) is 13.3 Å². The van der Waals surface area contributed by atoms with Crippen LogP contribution in [-0.4, -0.2) is 30.3 Å². The molecule has 1 atom stereocenters. The van der Waals surface area contributed by atoms with Crippen molar-refractivity contribution in [3.8, 4) is 0 Å². The number of aliphatic hydroxyl groups is 1. The predicted molar refractivity (Wildman–Crippen MR) is 36.3 cm³/mol. The first-order valence-corrected chi connectivity index (χ1v) is 3.25. The summed E-state index contributed by atoms with van der Waals surface area (Å²) < 4.78 is 4.58. The molecule has 0 unspecified atom stereocenters. The molecule has 0 aromatic rings. The maximum atomic E-state index is 10.7. The van der Waals surface area contributed by atoms with E-state index in [4.69, 9.17) is 10.8 Å². The fraction of sp³-hybridized carbons (Fsp3) is 0.833. The zero-order valence-electron chi connectivity index (χ0n) is 6.04. The van der Waals surface area contributed by atoms with Gasteiger partial charge in [-0.2, -0.15) is 0 Å². The Morgan fingerprint density at radius 1 is 1.80 bits per heavy atom. The van der Waals surface area contributed by atoms with Gasteiger partial charge in [0.05, 0.1) is 6.61 Å². The van der Waals surface area contributed by atoms with Crippen molar-refractivity contribution >= 4 is 5.97 Å². The van der Waals surface area contributed by atoms with E-state index < -0.39 is 12.0 Å². The first-order chi connectivity index (χ1) is 4.72. The molecular formula is C6H13NO3. The molecule has 0 spiro atoms. The molecule has 0 saturated heterocycles. The van der Waals surface area contributed by atoms with Crippen molar-refractivity contribution in [2.45, 2.75) is 19.4 Å². The molecule has 3 N–H and O–H groups in total. The molecule has 0 saturated carbocycles. The van der Waals surface area contributed by atoms with E-state index >= 15 is 0 Å². The summed E-state index contributed by atoms with van der Waals surface area (Å²) in [5.41, 5.74) is 5.28. The van der Waals surface area contributed by atoms with Gasteiger partial charge in [0, 0.05) is 6.61 Å². The minimum absolute atomic E-state index is 0.0834. The Morgan fingerprint density at radius 3 is 2.80 bits per heavy atom. The molecule has 0 aliphatic heterocycles. The summed E-state index contributed by atoms with van der Waals surface area (Å²) in [6, 6.07) is -0.676. The lowest BCUT2D eigenvalue weighted by molar-refractivity contribution is -0.145. The minimum atomic E-state index is -0.676. The topological polar surface area (TPSA) is 72.5 Å². The van der Waals surface area contributed by atoms with Crippen LogP contribution in [-0.2, 0) is 9.53 Å². The van der Waals surface area contributed by atoms with Gasteiger partial charge < -0.3 is 15.6 Å². The van der Waals surface area contributed by atoms with Crippen molar-refractivity contribution in [1.82, 2.24) is 0 Å². The molecule has 0 fully saturated rings. The van der Waals surface area contributed by atoms with Gasteiger partial charge in [-0.15, -0.1) is 0 Å². The Balaban J connectivity index is 3.49. The van der Waals surface area contributed by atoms with Crippen LogP contribution in [0.3, 0.4) is 0 Å². The lowest BCUT2D eigenvalue weighted by Crippen LogP contribution is -2.33. The van der Waals surface area contributed by atoms with Crippen molar-refractivity contribution in [3.63, 3.8) is 0 Å². The number of hydrogen-bond acceptors (Lipinski definition) is 4. The van der Waals surface area contributed by atoms with Gasteiger partial charge in [0.2, 0.25) is 0 Å². The summed E-state index contributed by atoms with van der Waals surface area (Å²) in [5.74, 6) is -0.448. The first-order valence-electron chi connectivity index (χ1n) is 3.25. The van der Waals surface area contributed by atoms with Crippen molar-refractivity contribution in [3.05, 3.63) is 0 Å². The summed E-state index contributed by atoms with van der Waals surface area (Å²) in [6.45, 7) is 1.96. The Hall–Kier alpha value is -0.610. The molecule has 10 heavy (non-hydrogen) atoms. The highest BCUT2D eigenvalue weighted by atomic mass is 16.5. The number of hydrogen-bond donors (Lipinski definition) is 2. The molecule has 60 valence electrons. The average molecular weight is 147 g/mol. The van der Waals surface area contributed by atoms with Gasteiger partial charge in [0.1, 0.15) is 6.04 Å². The molecule has 0 amide bonds. The average Bonchev–Trinajstić information content (AvgIpc) is 1.89. The first kappa shape index (κ1) is 9.39. The fourth-order valence-electron chi connectivity index (χ4n) is 0.506. The van der Waals surface area contributed by atoms with Gasteiger partial charge in [0.25, 0.3) is 0 Å². The van der Waals surface area contributed by atoms with E-state index in [-0.39, 0.29) is 13.0 Å². The van der Waals surface area contributed by atoms with E-state index in [0.717, 1.165) is 0 Å². The maximum absolute atomic E-state index is 10.7. The van der Waals surface area contributed by atoms with Gasteiger partial charge in [-0.1, -0.05) is 0 Å². The number of nitrogens with two attached hydrogens (primary N) is 1. The maximum Gasteiger partial charge on any atom is 0.322 e. The van der Waals surface area contributed by atoms with Crippen LogP contribution >= 0.6 is 0 Å². The molecule has 0 rings (SSSR count). The quantitative estimate of drug-likeness (QED) is 0.514. The van der Waals surface area contributed by atoms with Crippen molar-refractivity contribution in [2.24, 2.45) is 5.73 Å². The van der Waals surface area contributed by atoms with Gasteiger partial charge in [-0.25, -0.2) is 0 Å².